The number of aromatic nitrogens is 2. The van der Waals surface area contributed by atoms with E-state index in [0.29, 0.717) is 16.8 Å². The zero-order valence-corrected chi connectivity index (χ0v) is 17.3. The molecule has 2 heterocycles. The van der Waals surface area contributed by atoms with Gasteiger partial charge < -0.3 is 10.1 Å². The Bertz CT molecular complexity index is 1240. The Morgan fingerprint density at radius 2 is 1.68 bits per heavy atom. The smallest absolute Gasteiger partial charge is 0.339 e. The molecule has 154 valence electrons. The number of pyridine rings is 2. The predicted molar refractivity (Wildman–Crippen MR) is 117 cm³/mol. The Morgan fingerprint density at radius 3 is 2.39 bits per heavy atom. The van der Waals surface area contributed by atoms with Crippen molar-refractivity contribution in [1.82, 2.24) is 10.3 Å². The van der Waals surface area contributed by atoms with Gasteiger partial charge in [0, 0.05) is 23.1 Å². The standard InChI is InChI=1S/C25H21N3O3/c1-16-21(24(29)28-23(25(30)31-2)20-14-8-9-15-26-20)18-12-6-7-13-19(18)27-22(16)17-10-4-3-5-11-17/h3-15,23H,1-2H3,(H,28,29)/p+1. The maximum atomic E-state index is 13.5. The third-order valence-corrected chi connectivity index (χ3v) is 5.17. The molecule has 0 radical (unpaired) electrons. The second kappa shape index (κ2) is 8.75. The number of H-pyrrole nitrogens is 1. The average Bonchev–Trinajstić information content (AvgIpc) is 2.82. The summed E-state index contributed by atoms with van der Waals surface area (Å²) in [4.78, 5) is 33.8. The van der Waals surface area contributed by atoms with E-state index in [4.69, 9.17) is 9.72 Å². The topological polar surface area (TPSA) is 82.4 Å². The van der Waals surface area contributed by atoms with Crippen LogP contribution in [0.5, 0.6) is 0 Å². The fourth-order valence-corrected chi connectivity index (χ4v) is 3.65. The van der Waals surface area contributed by atoms with E-state index >= 15 is 0 Å². The summed E-state index contributed by atoms with van der Waals surface area (Å²) >= 11 is 0. The van der Waals surface area contributed by atoms with Crippen LogP contribution in [0, 0.1) is 6.92 Å². The number of aromatic amines is 1. The van der Waals surface area contributed by atoms with Crippen LogP contribution in [0.2, 0.25) is 0 Å². The van der Waals surface area contributed by atoms with Gasteiger partial charge in [0.25, 0.3) is 5.91 Å². The molecule has 4 aromatic rings. The lowest BCUT2D eigenvalue weighted by atomic mass is 9.97. The van der Waals surface area contributed by atoms with Crippen molar-refractivity contribution in [2.45, 2.75) is 13.0 Å². The summed E-state index contributed by atoms with van der Waals surface area (Å²) < 4.78 is 4.93. The number of nitrogens with one attached hydrogen (secondary N) is 2. The van der Waals surface area contributed by atoms with Crippen LogP contribution in [-0.2, 0) is 9.53 Å². The van der Waals surface area contributed by atoms with E-state index in [1.807, 2.05) is 61.5 Å². The molecule has 0 saturated heterocycles. The lowest BCUT2D eigenvalue weighted by Crippen LogP contribution is -2.38. The van der Waals surface area contributed by atoms with Crippen molar-refractivity contribution in [3.05, 3.63) is 95.8 Å². The van der Waals surface area contributed by atoms with E-state index in [-0.39, 0.29) is 5.91 Å². The van der Waals surface area contributed by atoms with E-state index in [0.717, 1.165) is 22.2 Å². The van der Waals surface area contributed by atoms with E-state index in [2.05, 4.69) is 10.3 Å². The number of para-hydroxylation sites is 1. The first-order valence-corrected chi connectivity index (χ1v) is 9.90. The molecule has 1 unspecified atom stereocenters. The van der Waals surface area contributed by atoms with Crippen LogP contribution in [0.25, 0.3) is 22.2 Å². The van der Waals surface area contributed by atoms with Gasteiger partial charge in [-0.2, -0.15) is 0 Å². The van der Waals surface area contributed by atoms with Gasteiger partial charge in [-0.15, -0.1) is 0 Å². The highest BCUT2D eigenvalue weighted by molar-refractivity contribution is 6.09. The van der Waals surface area contributed by atoms with Crippen LogP contribution in [0.1, 0.15) is 27.7 Å². The van der Waals surface area contributed by atoms with Crippen molar-refractivity contribution < 1.29 is 19.3 Å². The minimum atomic E-state index is -0.967. The summed E-state index contributed by atoms with van der Waals surface area (Å²) in [7, 11) is 1.30. The third kappa shape index (κ3) is 4.00. The molecule has 6 nitrogen and oxygen atoms in total. The molecule has 0 saturated carbocycles. The van der Waals surface area contributed by atoms with Crippen molar-refractivity contribution in [3.8, 4) is 11.3 Å². The average molecular weight is 412 g/mol. The van der Waals surface area contributed by atoms with E-state index in [1.165, 1.54) is 7.11 Å². The number of methoxy groups -OCH3 is 1. The first kappa shape index (κ1) is 20.2. The maximum Gasteiger partial charge on any atom is 0.339 e. The first-order valence-electron chi connectivity index (χ1n) is 9.90. The van der Waals surface area contributed by atoms with Gasteiger partial charge in [0.05, 0.1) is 23.9 Å². The summed E-state index contributed by atoms with van der Waals surface area (Å²) in [6.07, 6.45) is 1.69. The number of carbonyl (C=O) groups is 2. The van der Waals surface area contributed by atoms with Gasteiger partial charge >= 0.3 is 5.97 Å². The highest BCUT2D eigenvalue weighted by Gasteiger charge is 2.30. The second-order valence-electron chi connectivity index (χ2n) is 7.09. The third-order valence-electron chi connectivity index (χ3n) is 5.17. The number of hydrogen-bond donors (Lipinski definition) is 1. The number of nitrogens with zero attached hydrogens (tertiary/aromatic N) is 1. The van der Waals surface area contributed by atoms with Gasteiger partial charge in [0.1, 0.15) is 0 Å². The molecule has 31 heavy (non-hydrogen) atoms. The molecular formula is C25H22N3O3+. The number of hydrogen-bond acceptors (Lipinski definition) is 4. The van der Waals surface area contributed by atoms with Crippen LogP contribution < -0.4 is 10.3 Å². The minimum Gasteiger partial charge on any atom is -0.467 e. The van der Waals surface area contributed by atoms with Crippen molar-refractivity contribution >= 4 is 22.8 Å². The van der Waals surface area contributed by atoms with Crippen LogP contribution in [-0.4, -0.2) is 24.0 Å². The minimum absolute atomic E-state index is 0.374. The molecule has 0 fully saturated rings. The van der Waals surface area contributed by atoms with Gasteiger partial charge in [-0.05, 0) is 18.6 Å². The van der Waals surface area contributed by atoms with Crippen LogP contribution in [0.3, 0.4) is 0 Å². The van der Waals surface area contributed by atoms with Crippen molar-refractivity contribution in [1.29, 1.82) is 0 Å². The SMILES string of the molecule is COC(=O)C(NC(=O)c1c(C)c(-c2ccccc2)nc2ccccc12)c1cccc[nH+]1. The first-order chi connectivity index (χ1) is 15.1. The summed E-state index contributed by atoms with van der Waals surface area (Å²) in [5.41, 5.74) is 4.10. The molecule has 0 aliphatic carbocycles. The molecule has 1 amide bonds. The number of rotatable bonds is 5. The fraction of sp³-hybridized carbons (Fsp3) is 0.120. The Hall–Kier alpha value is -4.06. The monoisotopic (exact) mass is 412 g/mol. The van der Waals surface area contributed by atoms with Crippen molar-refractivity contribution in [2.24, 2.45) is 0 Å². The van der Waals surface area contributed by atoms with Crippen LogP contribution in [0.15, 0.2) is 79.0 Å². The van der Waals surface area contributed by atoms with Crippen molar-refractivity contribution in [2.75, 3.05) is 7.11 Å². The van der Waals surface area contributed by atoms with Gasteiger partial charge in [0.2, 0.25) is 11.7 Å². The molecule has 0 aliphatic heterocycles. The second-order valence-corrected chi connectivity index (χ2v) is 7.09. The molecule has 2 aromatic heterocycles. The van der Waals surface area contributed by atoms with Gasteiger partial charge in [-0.25, -0.2) is 14.8 Å². The Morgan fingerprint density at radius 1 is 0.968 bits per heavy atom. The fourth-order valence-electron chi connectivity index (χ4n) is 3.65. The quantitative estimate of drug-likeness (QED) is 0.507. The lowest BCUT2D eigenvalue weighted by molar-refractivity contribution is -0.392. The summed E-state index contributed by atoms with van der Waals surface area (Å²) in [6.45, 7) is 1.87. The molecule has 1 atom stereocenters. The summed E-state index contributed by atoms with van der Waals surface area (Å²) in [6, 6.07) is 21.6. The predicted octanol–water partition coefficient (Wildman–Crippen LogP) is 3.67. The maximum absolute atomic E-state index is 13.5. The Balaban J connectivity index is 1.83. The van der Waals surface area contributed by atoms with Crippen molar-refractivity contribution in [3.63, 3.8) is 0 Å². The number of carbonyl (C=O) groups excluding carboxylic acids is 2. The lowest BCUT2D eigenvalue weighted by Gasteiger charge is -2.17. The molecule has 2 aromatic carbocycles. The molecule has 0 bridgehead atoms. The summed E-state index contributed by atoms with van der Waals surface area (Å²) in [5.74, 6) is -0.934. The molecule has 2 N–H and O–H groups in total. The van der Waals surface area contributed by atoms with Crippen LogP contribution >= 0.6 is 0 Å². The number of ether oxygens (including phenoxy) is 1. The zero-order valence-electron chi connectivity index (χ0n) is 17.3. The largest absolute Gasteiger partial charge is 0.467 e. The highest BCUT2D eigenvalue weighted by Crippen LogP contribution is 2.30. The number of fused-ring (bicyclic) bond motifs is 1. The van der Waals surface area contributed by atoms with Gasteiger partial charge in [-0.3, -0.25) is 4.79 Å². The Labute approximate surface area is 179 Å². The number of benzene rings is 2. The zero-order chi connectivity index (χ0) is 21.8. The highest BCUT2D eigenvalue weighted by atomic mass is 16.5. The van der Waals surface area contributed by atoms with Gasteiger partial charge in [0.15, 0.2) is 6.20 Å². The summed E-state index contributed by atoms with van der Waals surface area (Å²) in [5, 5.41) is 3.56. The molecular weight excluding hydrogens is 390 g/mol. The number of amides is 1. The van der Waals surface area contributed by atoms with E-state index in [9.17, 15) is 9.59 Å². The van der Waals surface area contributed by atoms with E-state index in [1.54, 1.807) is 24.4 Å². The van der Waals surface area contributed by atoms with Crippen LogP contribution in [0.4, 0.5) is 0 Å². The molecule has 0 aliphatic rings. The molecule has 6 heteroatoms. The molecule has 4 rings (SSSR count). The van der Waals surface area contributed by atoms with E-state index < -0.39 is 12.0 Å². The number of esters is 1. The normalized spacial score (nSPS) is 11.7. The molecule has 0 spiro atoms. The Kier molecular flexibility index (Phi) is 5.71. The van der Waals surface area contributed by atoms with Gasteiger partial charge in [-0.1, -0.05) is 54.6 Å².